The quantitative estimate of drug-likeness (QED) is 0.344. The molecule has 0 aliphatic carbocycles. The Kier molecular flexibility index (Phi) is 5.96. The predicted octanol–water partition coefficient (Wildman–Crippen LogP) is 4.19. The number of fused-ring (bicyclic) bond motifs is 1. The van der Waals surface area contributed by atoms with Crippen LogP contribution < -0.4 is 10.1 Å². The molecule has 32 heavy (non-hydrogen) atoms. The number of carbonyl (C=O) groups is 1. The molecule has 0 aliphatic rings. The van der Waals surface area contributed by atoms with Gasteiger partial charge in [0.25, 0.3) is 15.9 Å². The van der Waals surface area contributed by atoms with Gasteiger partial charge in [-0.2, -0.15) is 18.4 Å². The number of benzene rings is 3. The van der Waals surface area contributed by atoms with E-state index in [4.69, 9.17) is 0 Å². The molecule has 4 rings (SSSR count). The van der Waals surface area contributed by atoms with Gasteiger partial charge in [0.2, 0.25) is 0 Å². The number of hydrazone groups is 1. The zero-order valence-corrected chi connectivity index (χ0v) is 18.0. The summed E-state index contributed by atoms with van der Waals surface area (Å²) in [4.78, 5) is 18.7. The molecule has 0 spiro atoms. The van der Waals surface area contributed by atoms with Gasteiger partial charge in [-0.1, -0.05) is 42.5 Å². The number of amides is 1. The van der Waals surface area contributed by atoms with E-state index in [0.717, 1.165) is 10.8 Å². The van der Waals surface area contributed by atoms with E-state index in [-0.39, 0.29) is 10.8 Å². The first-order chi connectivity index (χ1) is 15.4. The van der Waals surface area contributed by atoms with Crippen LogP contribution in [0.2, 0.25) is 0 Å². The van der Waals surface area contributed by atoms with Crippen molar-refractivity contribution in [2.24, 2.45) is 5.10 Å². The van der Waals surface area contributed by atoms with Crippen molar-refractivity contribution >= 4 is 38.1 Å². The molecule has 8 heteroatoms. The highest BCUT2D eigenvalue weighted by molar-refractivity contribution is 7.89. The van der Waals surface area contributed by atoms with Crippen molar-refractivity contribution in [3.8, 4) is 0 Å². The Morgan fingerprint density at radius 3 is 2.44 bits per heavy atom. The van der Waals surface area contributed by atoms with Crippen LogP contribution in [0.4, 0.5) is 5.69 Å². The van der Waals surface area contributed by atoms with Gasteiger partial charge in [-0.3, -0.25) is 9.78 Å². The molecule has 1 heterocycles. The van der Waals surface area contributed by atoms with E-state index in [1.807, 2.05) is 24.3 Å². The highest BCUT2D eigenvalue weighted by Crippen LogP contribution is 2.19. The fourth-order valence-corrected chi connectivity index (χ4v) is 3.99. The molecule has 2 N–H and O–H groups in total. The fourth-order valence-electron chi connectivity index (χ4n) is 3.10. The van der Waals surface area contributed by atoms with Crippen LogP contribution in [0.3, 0.4) is 0 Å². The third-order valence-corrected chi connectivity index (χ3v) is 6.03. The highest BCUT2D eigenvalue weighted by atomic mass is 32.2. The van der Waals surface area contributed by atoms with Crippen molar-refractivity contribution in [3.05, 3.63) is 102 Å². The Labute approximate surface area is 185 Å². The molecule has 0 saturated carbocycles. The summed E-state index contributed by atoms with van der Waals surface area (Å²) >= 11 is 0. The van der Waals surface area contributed by atoms with Gasteiger partial charge in [-0.15, -0.1) is 0 Å². The molecule has 0 bridgehead atoms. The van der Waals surface area contributed by atoms with Crippen LogP contribution in [-0.4, -0.2) is 25.0 Å². The summed E-state index contributed by atoms with van der Waals surface area (Å²) in [5.74, 6) is -0.290. The molecule has 0 aliphatic heterocycles. The zero-order valence-electron chi connectivity index (χ0n) is 17.2. The fraction of sp³-hybridized carbons (Fsp3) is 0.0417. The van der Waals surface area contributed by atoms with Gasteiger partial charge >= 0.3 is 0 Å². The van der Waals surface area contributed by atoms with Gasteiger partial charge in [0.1, 0.15) is 0 Å². The van der Waals surface area contributed by atoms with Crippen LogP contribution in [0.1, 0.15) is 22.8 Å². The first kappa shape index (κ1) is 21.2. The topological polar surface area (TPSA) is 101 Å². The van der Waals surface area contributed by atoms with Crippen molar-refractivity contribution in [1.29, 1.82) is 0 Å². The van der Waals surface area contributed by atoms with E-state index >= 15 is 0 Å². The van der Waals surface area contributed by atoms with Gasteiger partial charge in [0.15, 0.2) is 0 Å². The molecule has 0 radical (unpaired) electrons. The van der Waals surface area contributed by atoms with Gasteiger partial charge in [0, 0.05) is 18.1 Å². The van der Waals surface area contributed by atoms with E-state index in [2.05, 4.69) is 20.2 Å². The molecule has 7 nitrogen and oxygen atoms in total. The number of nitrogens with one attached hydrogen (secondary N) is 2. The molecule has 4 aromatic rings. The highest BCUT2D eigenvalue weighted by Gasteiger charge is 2.14. The van der Waals surface area contributed by atoms with Crippen molar-refractivity contribution < 1.29 is 13.2 Å². The Hall–Kier alpha value is -4.04. The molecule has 1 amide bonds. The van der Waals surface area contributed by atoms with Crippen molar-refractivity contribution in [3.63, 3.8) is 0 Å². The SMILES string of the molecule is CC(=NNS(=O)(=O)c1ccc2ccccc2c1)c1cccc(NC(=O)c2cccnc2)c1. The molecule has 0 fully saturated rings. The maximum absolute atomic E-state index is 12.7. The number of pyridine rings is 1. The van der Waals surface area contributed by atoms with Gasteiger partial charge in [-0.25, -0.2) is 0 Å². The summed E-state index contributed by atoms with van der Waals surface area (Å²) in [7, 11) is -3.83. The van der Waals surface area contributed by atoms with Gasteiger partial charge < -0.3 is 5.32 Å². The van der Waals surface area contributed by atoms with Crippen LogP contribution in [0.5, 0.6) is 0 Å². The number of hydrogen-bond acceptors (Lipinski definition) is 5. The number of sulfonamides is 1. The molecule has 0 unspecified atom stereocenters. The van der Waals surface area contributed by atoms with Crippen LogP contribution in [0.15, 0.2) is 101 Å². The monoisotopic (exact) mass is 444 g/mol. The predicted molar refractivity (Wildman–Crippen MR) is 125 cm³/mol. The van der Waals surface area contributed by atoms with Crippen LogP contribution in [-0.2, 0) is 10.0 Å². The minimum Gasteiger partial charge on any atom is -0.322 e. The lowest BCUT2D eigenvalue weighted by Crippen LogP contribution is -2.20. The second kappa shape index (κ2) is 8.99. The summed E-state index contributed by atoms with van der Waals surface area (Å²) in [5.41, 5.74) is 2.11. The van der Waals surface area contributed by atoms with Gasteiger partial charge in [0.05, 0.1) is 16.2 Å². The molecule has 160 valence electrons. The number of aromatic nitrogens is 1. The van der Waals surface area contributed by atoms with Crippen molar-refractivity contribution in [2.45, 2.75) is 11.8 Å². The summed E-state index contributed by atoms with van der Waals surface area (Å²) in [6.07, 6.45) is 3.07. The number of anilines is 1. The lowest BCUT2D eigenvalue weighted by atomic mass is 10.1. The van der Waals surface area contributed by atoms with E-state index < -0.39 is 10.0 Å². The molecule has 1 aromatic heterocycles. The molecular formula is C24H20N4O3S. The Bertz CT molecular complexity index is 1420. The maximum Gasteiger partial charge on any atom is 0.276 e. The average Bonchev–Trinajstić information content (AvgIpc) is 2.83. The standard InChI is InChI=1S/C24H20N4O3S/c1-17(19-8-4-10-22(14-19)26-24(29)21-9-5-13-25-16-21)27-28-32(30,31)23-12-11-18-6-2-3-7-20(18)15-23/h2-16,28H,1H3,(H,26,29). The third kappa shape index (κ3) is 4.81. The molecule has 0 atom stereocenters. The van der Waals surface area contributed by atoms with Crippen LogP contribution in [0.25, 0.3) is 10.8 Å². The van der Waals surface area contributed by atoms with Crippen molar-refractivity contribution in [2.75, 3.05) is 5.32 Å². The minimum atomic E-state index is -3.83. The second-order valence-electron chi connectivity index (χ2n) is 7.08. The Balaban J connectivity index is 1.51. The first-order valence-corrected chi connectivity index (χ1v) is 11.3. The largest absolute Gasteiger partial charge is 0.322 e. The maximum atomic E-state index is 12.7. The zero-order chi connectivity index (χ0) is 22.6. The number of nitrogens with zero attached hydrogens (tertiary/aromatic N) is 2. The van der Waals surface area contributed by atoms with E-state index in [1.54, 1.807) is 67.7 Å². The smallest absolute Gasteiger partial charge is 0.276 e. The number of carbonyl (C=O) groups excluding carboxylic acids is 1. The lowest BCUT2D eigenvalue weighted by Gasteiger charge is -2.09. The third-order valence-electron chi connectivity index (χ3n) is 4.83. The van der Waals surface area contributed by atoms with Crippen LogP contribution in [0, 0.1) is 0 Å². The Morgan fingerprint density at radius 2 is 1.66 bits per heavy atom. The van der Waals surface area contributed by atoms with E-state index in [0.29, 0.717) is 22.5 Å². The van der Waals surface area contributed by atoms with E-state index in [9.17, 15) is 13.2 Å². The second-order valence-corrected chi connectivity index (χ2v) is 8.74. The number of rotatable bonds is 6. The van der Waals surface area contributed by atoms with Crippen LogP contribution >= 0.6 is 0 Å². The first-order valence-electron chi connectivity index (χ1n) is 9.79. The summed E-state index contributed by atoms with van der Waals surface area (Å²) in [5, 5.41) is 8.63. The molecule has 0 saturated heterocycles. The average molecular weight is 445 g/mol. The minimum absolute atomic E-state index is 0.130. The summed E-state index contributed by atoms with van der Waals surface area (Å²) < 4.78 is 25.4. The number of hydrogen-bond donors (Lipinski definition) is 2. The Morgan fingerprint density at radius 1 is 0.875 bits per heavy atom. The lowest BCUT2D eigenvalue weighted by molar-refractivity contribution is 0.102. The van der Waals surface area contributed by atoms with Gasteiger partial charge in [-0.05, 0) is 59.7 Å². The summed E-state index contributed by atoms with van der Waals surface area (Å²) in [6.45, 7) is 1.69. The van der Waals surface area contributed by atoms with E-state index in [1.165, 1.54) is 6.20 Å². The summed E-state index contributed by atoms with van der Waals surface area (Å²) in [6, 6.07) is 22.8. The molecule has 3 aromatic carbocycles. The normalized spacial score (nSPS) is 11.8. The van der Waals surface area contributed by atoms with Crippen molar-refractivity contribution in [1.82, 2.24) is 9.82 Å². The molecular weight excluding hydrogens is 424 g/mol.